The number of anilines is 3. The van der Waals surface area contributed by atoms with Crippen LogP contribution in [0.2, 0.25) is 0 Å². The Hall–Kier alpha value is -7.62. The molecule has 2 heterocycles. The molecule has 0 radical (unpaired) electrons. The predicted octanol–water partition coefficient (Wildman–Crippen LogP) is 15.6. The van der Waals surface area contributed by atoms with Crippen molar-refractivity contribution in [2.75, 3.05) is 4.90 Å². The van der Waals surface area contributed by atoms with Crippen molar-refractivity contribution in [3.8, 4) is 44.5 Å². The lowest BCUT2D eigenvalue weighted by molar-refractivity contribution is 0.664. The molecule has 0 aliphatic rings. The molecule has 11 rings (SSSR count). The molecule has 0 N–H and O–H groups in total. The van der Waals surface area contributed by atoms with E-state index in [1.165, 1.54) is 22.3 Å². The molecule has 0 aliphatic carbocycles. The maximum atomic E-state index is 6.67. The minimum atomic E-state index is 0.850. The van der Waals surface area contributed by atoms with Gasteiger partial charge in [-0.1, -0.05) is 164 Å². The summed E-state index contributed by atoms with van der Waals surface area (Å²) in [5, 5.41) is 4.35. The number of furan rings is 2. The lowest BCUT2D eigenvalue weighted by Gasteiger charge is -2.28. The highest BCUT2D eigenvalue weighted by Crippen LogP contribution is 2.46. The van der Waals surface area contributed by atoms with Crippen molar-refractivity contribution >= 4 is 60.9 Å². The van der Waals surface area contributed by atoms with Gasteiger partial charge in [0.05, 0.1) is 5.69 Å². The minimum Gasteiger partial charge on any atom is -0.456 e. The molecular formula is C54H35NO2. The number of nitrogens with zero attached hydrogens (tertiary/aromatic N) is 1. The van der Waals surface area contributed by atoms with E-state index in [9.17, 15) is 0 Å². The van der Waals surface area contributed by atoms with Gasteiger partial charge in [-0.3, -0.25) is 0 Å². The van der Waals surface area contributed by atoms with E-state index in [0.717, 1.165) is 83.2 Å². The van der Waals surface area contributed by atoms with Crippen LogP contribution in [0.15, 0.2) is 221 Å². The maximum absolute atomic E-state index is 6.67. The standard InChI is InChI=1S/C54H35NO2/c1-3-13-36(14-4-1)37-23-25-38(26-24-37)39-27-31-42(32-28-39)55(48-20-10-7-17-44(48)40-15-5-2-6-16-40)43-33-29-41(30-34-43)47-35-51-52(45-18-8-11-21-49(45)56-51)53-46-19-9-12-22-50(46)57-54(47)53/h1-35H. The summed E-state index contributed by atoms with van der Waals surface area (Å²) < 4.78 is 13.2. The van der Waals surface area contributed by atoms with Crippen LogP contribution in [-0.2, 0) is 0 Å². The van der Waals surface area contributed by atoms with Crippen LogP contribution in [0.25, 0.3) is 88.4 Å². The van der Waals surface area contributed by atoms with Crippen molar-refractivity contribution in [3.63, 3.8) is 0 Å². The lowest BCUT2D eigenvalue weighted by Crippen LogP contribution is -2.11. The molecular weight excluding hydrogens is 695 g/mol. The van der Waals surface area contributed by atoms with Gasteiger partial charge in [0.2, 0.25) is 0 Å². The molecule has 0 spiro atoms. The zero-order chi connectivity index (χ0) is 37.7. The highest BCUT2D eigenvalue weighted by molar-refractivity contribution is 6.28. The monoisotopic (exact) mass is 729 g/mol. The third-order valence-corrected chi connectivity index (χ3v) is 11.1. The van der Waals surface area contributed by atoms with Gasteiger partial charge in [-0.2, -0.15) is 0 Å². The Bertz CT molecular complexity index is 3200. The topological polar surface area (TPSA) is 29.5 Å². The zero-order valence-electron chi connectivity index (χ0n) is 31.0. The van der Waals surface area contributed by atoms with Crippen LogP contribution in [-0.4, -0.2) is 0 Å². The summed E-state index contributed by atoms with van der Waals surface area (Å²) >= 11 is 0. The summed E-state index contributed by atoms with van der Waals surface area (Å²) in [5.74, 6) is 0. The van der Waals surface area contributed by atoms with E-state index in [2.05, 4.69) is 193 Å². The second-order valence-corrected chi connectivity index (χ2v) is 14.5. The molecule has 0 amide bonds. The van der Waals surface area contributed by atoms with Gasteiger partial charge < -0.3 is 13.7 Å². The smallest absolute Gasteiger partial charge is 0.144 e. The fraction of sp³-hybridized carbons (Fsp3) is 0. The van der Waals surface area contributed by atoms with Gasteiger partial charge in [0.15, 0.2) is 0 Å². The third kappa shape index (κ3) is 5.68. The summed E-state index contributed by atoms with van der Waals surface area (Å²) in [6.07, 6.45) is 0. The normalized spacial score (nSPS) is 11.5. The molecule has 11 aromatic rings. The van der Waals surface area contributed by atoms with Crippen molar-refractivity contribution in [1.29, 1.82) is 0 Å². The van der Waals surface area contributed by atoms with Gasteiger partial charge in [-0.05, 0) is 81.9 Å². The second-order valence-electron chi connectivity index (χ2n) is 14.5. The molecule has 2 aromatic heterocycles. The average Bonchev–Trinajstić information content (AvgIpc) is 3.86. The van der Waals surface area contributed by atoms with E-state index in [0.29, 0.717) is 0 Å². The molecule has 0 saturated heterocycles. The first-order valence-electron chi connectivity index (χ1n) is 19.3. The van der Waals surface area contributed by atoms with Gasteiger partial charge in [-0.25, -0.2) is 0 Å². The van der Waals surface area contributed by atoms with Crippen molar-refractivity contribution in [2.24, 2.45) is 0 Å². The fourth-order valence-corrected chi connectivity index (χ4v) is 8.35. The number of fused-ring (bicyclic) bond motifs is 7. The Kier molecular flexibility index (Phi) is 7.82. The molecule has 57 heavy (non-hydrogen) atoms. The Labute approximate surface area is 330 Å². The molecule has 0 fully saturated rings. The van der Waals surface area contributed by atoms with Crippen LogP contribution < -0.4 is 4.90 Å². The van der Waals surface area contributed by atoms with Gasteiger partial charge in [0, 0.05) is 44.0 Å². The van der Waals surface area contributed by atoms with Gasteiger partial charge in [0.25, 0.3) is 0 Å². The number of para-hydroxylation sites is 3. The van der Waals surface area contributed by atoms with Crippen LogP contribution >= 0.6 is 0 Å². The van der Waals surface area contributed by atoms with Gasteiger partial charge in [0.1, 0.15) is 22.3 Å². The summed E-state index contributed by atoms with van der Waals surface area (Å²) in [6, 6.07) is 75.0. The minimum absolute atomic E-state index is 0.850. The van der Waals surface area contributed by atoms with Gasteiger partial charge in [-0.15, -0.1) is 0 Å². The Morgan fingerprint density at radius 3 is 1.37 bits per heavy atom. The Morgan fingerprint density at radius 2 is 0.737 bits per heavy atom. The molecule has 0 atom stereocenters. The fourth-order valence-electron chi connectivity index (χ4n) is 8.35. The average molecular weight is 730 g/mol. The van der Waals surface area contributed by atoms with Crippen molar-refractivity contribution in [1.82, 2.24) is 0 Å². The number of benzene rings is 9. The van der Waals surface area contributed by atoms with E-state index in [1.54, 1.807) is 0 Å². The summed E-state index contributed by atoms with van der Waals surface area (Å²) in [4.78, 5) is 2.35. The molecule has 0 aliphatic heterocycles. The molecule has 3 nitrogen and oxygen atoms in total. The second kappa shape index (κ2) is 13.6. The molecule has 0 saturated carbocycles. The SMILES string of the molecule is c1ccc(-c2ccc(-c3ccc(N(c4ccc(-c5cc6oc7ccccc7c6c6c5oc5ccccc56)cc4)c4ccccc4-c4ccccc4)cc3)cc2)cc1. The highest BCUT2D eigenvalue weighted by Gasteiger charge is 2.22. The van der Waals surface area contributed by atoms with Crippen LogP contribution in [0.3, 0.4) is 0 Å². The van der Waals surface area contributed by atoms with Crippen molar-refractivity contribution < 1.29 is 8.83 Å². The van der Waals surface area contributed by atoms with E-state index in [1.807, 2.05) is 24.3 Å². The quantitative estimate of drug-likeness (QED) is 0.164. The Morgan fingerprint density at radius 1 is 0.298 bits per heavy atom. The maximum Gasteiger partial charge on any atom is 0.144 e. The van der Waals surface area contributed by atoms with Crippen LogP contribution in [0.5, 0.6) is 0 Å². The van der Waals surface area contributed by atoms with Crippen LogP contribution in [0, 0.1) is 0 Å². The van der Waals surface area contributed by atoms with E-state index >= 15 is 0 Å². The predicted molar refractivity (Wildman–Crippen MR) is 237 cm³/mol. The largest absolute Gasteiger partial charge is 0.456 e. The zero-order valence-corrected chi connectivity index (χ0v) is 31.0. The third-order valence-electron chi connectivity index (χ3n) is 11.1. The first-order valence-corrected chi connectivity index (χ1v) is 19.3. The number of rotatable bonds is 7. The first-order chi connectivity index (χ1) is 28.3. The lowest BCUT2D eigenvalue weighted by atomic mass is 9.97. The molecule has 9 aromatic carbocycles. The number of hydrogen-bond donors (Lipinski definition) is 0. The first kappa shape index (κ1) is 32.8. The molecule has 0 bridgehead atoms. The van der Waals surface area contributed by atoms with Crippen molar-refractivity contribution in [2.45, 2.75) is 0 Å². The molecule has 0 unspecified atom stereocenters. The van der Waals surface area contributed by atoms with Gasteiger partial charge >= 0.3 is 0 Å². The van der Waals surface area contributed by atoms with Crippen molar-refractivity contribution in [3.05, 3.63) is 212 Å². The summed E-state index contributed by atoms with van der Waals surface area (Å²) in [7, 11) is 0. The summed E-state index contributed by atoms with van der Waals surface area (Å²) in [5.41, 5.74) is 15.8. The Balaban J connectivity index is 1.03. The van der Waals surface area contributed by atoms with Crippen LogP contribution in [0.4, 0.5) is 17.1 Å². The highest BCUT2D eigenvalue weighted by atomic mass is 16.3. The van der Waals surface area contributed by atoms with E-state index < -0.39 is 0 Å². The van der Waals surface area contributed by atoms with Crippen LogP contribution in [0.1, 0.15) is 0 Å². The number of hydrogen-bond acceptors (Lipinski definition) is 3. The van der Waals surface area contributed by atoms with E-state index in [4.69, 9.17) is 8.83 Å². The molecule has 3 heteroatoms. The van der Waals surface area contributed by atoms with E-state index in [-0.39, 0.29) is 0 Å². The summed E-state index contributed by atoms with van der Waals surface area (Å²) in [6.45, 7) is 0. The molecule has 268 valence electrons.